The van der Waals surface area contributed by atoms with Crippen LogP contribution in [0.25, 0.3) is 0 Å². The molecule has 0 spiro atoms. The van der Waals surface area contributed by atoms with Gasteiger partial charge in [0.15, 0.2) is 6.61 Å². The maximum absolute atomic E-state index is 12.4. The Morgan fingerprint density at radius 1 is 0.833 bits per heavy atom. The number of methoxy groups -OCH3 is 1. The van der Waals surface area contributed by atoms with E-state index in [2.05, 4.69) is 17.6 Å². The van der Waals surface area contributed by atoms with Crippen LogP contribution in [0.15, 0.2) is 72.8 Å². The summed E-state index contributed by atoms with van der Waals surface area (Å²) in [5, 5.41) is 5.58. The minimum atomic E-state index is -0.271. The van der Waals surface area contributed by atoms with Crippen molar-refractivity contribution >= 4 is 23.2 Å². The average Bonchev–Trinajstić information content (AvgIpc) is 2.79. The van der Waals surface area contributed by atoms with E-state index in [4.69, 9.17) is 9.47 Å². The van der Waals surface area contributed by atoms with Crippen LogP contribution in [0.2, 0.25) is 0 Å². The Balaban J connectivity index is 1.51. The molecule has 2 N–H and O–H groups in total. The molecule has 2 amide bonds. The first kappa shape index (κ1) is 20.9. The van der Waals surface area contributed by atoms with Gasteiger partial charge in [0.25, 0.3) is 11.8 Å². The van der Waals surface area contributed by atoms with Crippen LogP contribution >= 0.6 is 0 Å². The molecule has 0 saturated heterocycles. The minimum Gasteiger partial charge on any atom is -0.497 e. The second kappa shape index (κ2) is 10.1. The van der Waals surface area contributed by atoms with Crippen molar-refractivity contribution < 1.29 is 19.1 Å². The van der Waals surface area contributed by atoms with E-state index in [0.717, 1.165) is 17.7 Å². The molecule has 0 unspecified atom stereocenters. The zero-order valence-electron chi connectivity index (χ0n) is 17.0. The summed E-state index contributed by atoms with van der Waals surface area (Å²) in [4.78, 5) is 24.5. The predicted molar refractivity (Wildman–Crippen MR) is 117 cm³/mol. The van der Waals surface area contributed by atoms with Crippen molar-refractivity contribution in [1.82, 2.24) is 0 Å². The summed E-state index contributed by atoms with van der Waals surface area (Å²) >= 11 is 0. The molecule has 6 heteroatoms. The van der Waals surface area contributed by atoms with Crippen molar-refractivity contribution in [2.75, 3.05) is 24.4 Å². The van der Waals surface area contributed by atoms with E-state index in [9.17, 15) is 9.59 Å². The van der Waals surface area contributed by atoms with E-state index in [1.165, 1.54) is 0 Å². The van der Waals surface area contributed by atoms with Gasteiger partial charge in [0.05, 0.1) is 7.11 Å². The Morgan fingerprint density at radius 3 is 2.17 bits per heavy atom. The van der Waals surface area contributed by atoms with E-state index >= 15 is 0 Å². The molecule has 0 aliphatic carbocycles. The highest BCUT2D eigenvalue weighted by atomic mass is 16.5. The van der Waals surface area contributed by atoms with Crippen molar-refractivity contribution in [3.63, 3.8) is 0 Å². The summed E-state index contributed by atoms with van der Waals surface area (Å²) in [5.41, 5.74) is 2.89. The van der Waals surface area contributed by atoms with Crippen molar-refractivity contribution in [3.05, 3.63) is 83.9 Å². The molecule has 30 heavy (non-hydrogen) atoms. The number of ether oxygens (including phenoxy) is 2. The summed E-state index contributed by atoms with van der Waals surface area (Å²) in [6.45, 7) is 1.97. The first-order chi connectivity index (χ1) is 14.6. The molecule has 0 saturated carbocycles. The van der Waals surface area contributed by atoms with Crippen LogP contribution in [0.4, 0.5) is 11.4 Å². The second-order valence-corrected chi connectivity index (χ2v) is 6.60. The van der Waals surface area contributed by atoms with Gasteiger partial charge >= 0.3 is 0 Å². The van der Waals surface area contributed by atoms with Gasteiger partial charge in [-0.25, -0.2) is 0 Å². The molecular weight excluding hydrogens is 380 g/mol. The molecule has 0 aromatic heterocycles. The number of hydrogen-bond donors (Lipinski definition) is 2. The Hall–Kier alpha value is -3.80. The molecule has 0 aliphatic rings. The summed E-state index contributed by atoms with van der Waals surface area (Å²) < 4.78 is 10.6. The van der Waals surface area contributed by atoms with Crippen LogP contribution in [-0.2, 0) is 11.2 Å². The van der Waals surface area contributed by atoms with Gasteiger partial charge in [-0.2, -0.15) is 0 Å². The third-order valence-corrected chi connectivity index (χ3v) is 4.46. The van der Waals surface area contributed by atoms with E-state index in [1.54, 1.807) is 55.6 Å². The second-order valence-electron chi connectivity index (χ2n) is 6.60. The lowest BCUT2D eigenvalue weighted by Crippen LogP contribution is -2.20. The number of aryl methyl sites for hydroxylation is 1. The van der Waals surface area contributed by atoms with Crippen LogP contribution in [0.3, 0.4) is 0 Å². The number of hydrogen-bond acceptors (Lipinski definition) is 4. The largest absolute Gasteiger partial charge is 0.497 e. The quantitative estimate of drug-likeness (QED) is 0.578. The summed E-state index contributed by atoms with van der Waals surface area (Å²) in [5.74, 6) is 0.870. The van der Waals surface area contributed by atoms with E-state index < -0.39 is 0 Å². The van der Waals surface area contributed by atoms with Gasteiger partial charge in [-0.05, 0) is 72.6 Å². The number of carbonyl (C=O) groups excluding carboxylic acids is 2. The molecule has 0 aliphatic heterocycles. The van der Waals surface area contributed by atoms with Gasteiger partial charge in [0.2, 0.25) is 0 Å². The van der Waals surface area contributed by atoms with E-state index in [1.807, 2.05) is 24.3 Å². The Bertz CT molecular complexity index is 998. The molecule has 3 aromatic carbocycles. The fourth-order valence-corrected chi connectivity index (χ4v) is 2.78. The molecule has 0 radical (unpaired) electrons. The van der Waals surface area contributed by atoms with Gasteiger partial charge < -0.3 is 20.1 Å². The predicted octanol–water partition coefficient (Wildman–Crippen LogP) is 4.53. The molecule has 154 valence electrons. The number of nitrogens with one attached hydrogen (secondary N) is 2. The normalized spacial score (nSPS) is 10.2. The Labute approximate surface area is 175 Å². The standard InChI is InChI=1S/C24H24N2O4/c1-3-17-5-4-6-22(15-17)30-16-23(27)25-19-9-7-18(8-10-19)24(28)26-20-11-13-21(29-2)14-12-20/h4-15H,3,16H2,1-2H3,(H,25,27)(H,26,28). The highest BCUT2D eigenvalue weighted by molar-refractivity contribution is 6.04. The van der Waals surface area contributed by atoms with Crippen LogP contribution < -0.4 is 20.1 Å². The van der Waals surface area contributed by atoms with Crippen molar-refractivity contribution in [1.29, 1.82) is 0 Å². The van der Waals surface area contributed by atoms with Crippen molar-refractivity contribution in [2.45, 2.75) is 13.3 Å². The molecule has 0 heterocycles. The average molecular weight is 404 g/mol. The van der Waals surface area contributed by atoms with Gasteiger partial charge in [-0.3, -0.25) is 9.59 Å². The summed E-state index contributed by atoms with van der Waals surface area (Å²) in [6.07, 6.45) is 0.905. The first-order valence-corrected chi connectivity index (χ1v) is 9.64. The van der Waals surface area contributed by atoms with Crippen molar-refractivity contribution in [2.24, 2.45) is 0 Å². The maximum atomic E-state index is 12.4. The zero-order chi connectivity index (χ0) is 21.3. The minimum absolute atomic E-state index is 0.0904. The number of benzene rings is 3. The molecule has 0 atom stereocenters. The number of rotatable bonds is 8. The van der Waals surface area contributed by atoms with Crippen molar-refractivity contribution in [3.8, 4) is 11.5 Å². The highest BCUT2D eigenvalue weighted by Crippen LogP contribution is 2.17. The van der Waals surface area contributed by atoms with Crippen LogP contribution in [-0.4, -0.2) is 25.5 Å². The molecule has 3 aromatic rings. The lowest BCUT2D eigenvalue weighted by molar-refractivity contribution is -0.118. The topological polar surface area (TPSA) is 76.7 Å². The molecule has 3 rings (SSSR count). The molecule has 6 nitrogen and oxygen atoms in total. The third-order valence-electron chi connectivity index (χ3n) is 4.46. The molecule has 0 fully saturated rings. The lowest BCUT2D eigenvalue weighted by Gasteiger charge is -2.09. The van der Waals surface area contributed by atoms with Gasteiger partial charge in [0.1, 0.15) is 11.5 Å². The lowest BCUT2D eigenvalue weighted by atomic mass is 10.2. The maximum Gasteiger partial charge on any atom is 0.262 e. The van der Waals surface area contributed by atoms with Gasteiger partial charge in [-0.15, -0.1) is 0 Å². The van der Waals surface area contributed by atoms with Gasteiger partial charge in [0, 0.05) is 16.9 Å². The molecule has 0 bridgehead atoms. The zero-order valence-corrected chi connectivity index (χ0v) is 17.0. The number of carbonyl (C=O) groups is 2. The highest BCUT2D eigenvalue weighted by Gasteiger charge is 2.08. The first-order valence-electron chi connectivity index (χ1n) is 9.64. The fraction of sp³-hybridized carbons (Fsp3) is 0.167. The van der Waals surface area contributed by atoms with Crippen LogP contribution in [0.5, 0.6) is 11.5 Å². The van der Waals surface area contributed by atoms with Crippen LogP contribution in [0.1, 0.15) is 22.8 Å². The number of amides is 2. The fourth-order valence-electron chi connectivity index (χ4n) is 2.78. The third kappa shape index (κ3) is 5.85. The van der Waals surface area contributed by atoms with Gasteiger partial charge in [-0.1, -0.05) is 19.1 Å². The number of anilines is 2. The summed E-state index contributed by atoms with van der Waals surface area (Å²) in [6, 6.07) is 21.4. The van der Waals surface area contributed by atoms with Crippen LogP contribution in [0, 0.1) is 0 Å². The summed E-state index contributed by atoms with van der Waals surface area (Å²) in [7, 11) is 1.59. The SMILES string of the molecule is CCc1cccc(OCC(=O)Nc2ccc(C(=O)Nc3ccc(OC)cc3)cc2)c1. The molecular formula is C24H24N2O4. The smallest absolute Gasteiger partial charge is 0.262 e. The Morgan fingerprint density at radius 2 is 1.50 bits per heavy atom. The van der Waals surface area contributed by atoms with E-state index in [-0.39, 0.29) is 18.4 Å². The Kier molecular flexibility index (Phi) is 7.05. The monoisotopic (exact) mass is 404 g/mol. The van der Waals surface area contributed by atoms with E-state index in [0.29, 0.717) is 22.7 Å².